The number of oxazole rings is 1. The molecule has 0 radical (unpaired) electrons. The van der Waals surface area contributed by atoms with Gasteiger partial charge in [-0.2, -0.15) is 13.2 Å². The van der Waals surface area contributed by atoms with Crippen LogP contribution >= 0.6 is 11.6 Å². The monoisotopic (exact) mass is 394 g/mol. The van der Waals surface area contributed by atoms with E-state index in [1.54, 1.807) is 6.07 Å². The number of benzene rings is 2. The van der Waals surface area contributed by atoms with Gasteiger partial charge in [0.2, 0.25) is 0 Å². The highest BCUT2D eigenvalue weighted by Crippen LogP contribution is 2.30. The lowest BCUT2D eigenvalue weighted by Crippen LogP contribution is -2.13. The fraction of sp³-hybridized carbons (Fsp3) is 0.158. The molecule has 1 N–H and O–H groups in total. The molecule has 0 saturated heterocycles. The first-order valence-corrected chi connectivity index (χ1v) is 8.29. The summed E-state index contributed by atoms with van der Waals surface area (Å²) in [4.78, 5) is 16.3. The van der Waals surface area contributed by atoms with Gasteiger partial charge in [-0.15, -0.1) is 0 Å². The van der Waals surface area contributed by atoms with Crippen molar-refractivity contribution >= 4 is 23.2 Å². The molecule has 3 rings (SSSR count). The molecule has 0 bridgehead atoms. The summed E-state index contributed by atoms with van der Waals surface area (Å²) in [6, 6.07) is 9.63. The average Bonchev–Trinajstić information content (AvgIpc) is 3.07. The highest BCUT2D eigenvalue weighted by Gasteiger charge is 2.30. The molecule has 0 aliphatic heterocycles. The summed E-state index contributed by atoms with van der Waals surface area (Å²) in [5.41, 5.74) is 1.26. The number of carbonyl (C=O) groups excluding carboxylic acids is 1. The third kappa shape index (κ3) is 4.49. The van der Waals surface area contributed by atoms with E-state index < -0.39 is 17.6 Å². The van der Waals surface area contributed by atoms with Crippen LogP contribution in [0.15, 0.2) is 53.1 Å². The van der Waals surface area contributed by atoms with Crippen LogP contribution in [0.2, 0.25) is 5.02 Å². The van der Waals surface area contributed by atoms with E-state index in [0.29, 0.717) is 17.3 Å². The smallest absolute Gasteiger partial charge is 0.416 e. The summed E-state index contributed by atoms with van der Waals surface area (Å²) in [6.45, 7) is 1.91. The largest absolute Gasteiger partial charge is 0.448 e. The molecule has 2 aromatic carbocycles. The Bertz CT molecular complexity index is 946. The number of amides is 1. The molecule has 3 aromatic rings. The van der Waals surface area contributed by atoms with Gasteiger partial charge in [-0.05, 0) is 48.4 Å². The zero-order chi connectivity index (χ0) is 19.6. The summed E-state index contributed by atoms with van der Waals surface area (Å²) in [5, 5.41) is 3.06. The van der Waals surface area contributed by atoms with Crippen molar-refractivity contribution in [2.24, 2.45) is 0 Å². The predicted octanol–water partition coefficient (Wildman–Crippen LogP) is 5.50. The lowest BCUT2D eigenvalue weighted by atomic mass is 10.1. The third-order valence-corrected chi connectivity index (χ3v) is 4.29. The molecule has 1 heterocycles. The second-order valence-corrected chi connectivity index (χ2v) is 6.27. The van der Waals surface area contributed by atoms with Crippen LogP contribution in [0, 0.1) is 6.92 Å². The lowest BCUT2D eigenvalue weighted by molar-refractivity contribution is -0.137. The zero-order valence-electron chi connectivity index (χ0n) is 14.1. The van der Waals surface area contributed by atoms with Gasteiger partial charge in [-0.3, -0.25) is 4.79 Å². The Morgan fingerprint density at radius 2 is 1.89 bits per heavy atom. The first-order chi connectivity index (χ1) is 12.7. The standard InChI is InChI=1S/C19H14ClF3N2O2/c1-11-3-2-4-15(20)14(11)9-17-25-16(10-27-17)18(26)24-13-7-5-12(6-8-13)19(21,22)23/h2-8,10H,9H2,1H3,(H,24,26). The summed E-state index contributed by atoms with van der Waals surface area (Å²) >= 11 is 6.17. The Morgan fingerprint density at radius 1 is 1.19 bits per heavy atom. The molecular weight excluding hydrogens is 381 g/mol. The molecule has 27 heavy (non-hydrogen) atoms. The van der Waals surface area contributed by atoms with Gasteiger partial charge in [-0.1, -0.05) is 23.7 Å². The van der Waals surface area contributed by atoms with Crippen LogP contribution in [-0.4, -0.2) is 10.9 Å². The van der Waals surface area contributed by atoms with Gasteiger partial charge in [0.15, 0.2) is 11.6 Å². The molecule has 0 unspecified atom stereocenters. The maximum Gasteiger partial charge on any atom is 0.416 e. The van der Waals surface area contributed by atoms with Gasteiger partial charge in [0.1, 0.15) is 6.26 Å². The maximum absolute atomic E-state index is 12.6. The van der Waals surface area contributed by atoms with Crippen LogP contribution in [0.1, 0.15) is 33.1 Å². The van der Waals surface area contributed by atoms with E-state index in [1.165, 1.54) is 18.4 Å². The van der Waals surface area contributed by atoms with E-state index in [1.807, 2.05) is 19.1 Å². The number of nitrogens with one attached hydrogen (secondary N) is 1. The number of anilines is 1. The summed E-state index contributed by atoms with van der Waals surface area (Å²) < 4.78 is 43.0. The Balaban J connectivity index is 1.70. The van der Waals surface area contributed by atoms with Crippen LogP contribution in [0.25, 0.3) is 0 Å². The van der Waals surface area contributed by atoms with E-state index in [-0.39, 0.29) is 11.4 Å². The van der Waals surface area contributed by atoms with E-state index >= 15 is 0 Å². The van der Waals surface area contributed by atoms with Gasteiger partial charge < -0.3 is 9.73 Å². The van der Waals surface area contributed by atoms with Crippen molar-refractivity contribution in [1.82, 2.24) is 4.98 Å². The lowest BCUT2D eigenvalue weighted by Gasteiger charge is -2.08. The molecule has 1 amide bonds. The highest BCUT2D eigenvalue weighted by atomic mass is 35.5. The summed E-state index contributed by atoms with van der Waals surface area (Å²) in [5.74, 6) is -0.274. The van der Waals surface area contributed by atoms with Crippen LogP contribution in [0.5, 0.6) is 0 Å². The Morgan fingerprint density at radius 3 is 2.52 bits per heavy atom. The molecule has 0 saturated carbocycles. The molecular formula is C19H14ClF3N2O2. The normalized spacial score (nSPS) is 11.4. The number of halogens is 4. The number of nitrogens with zero attached hydrogens (tertiary/aromatic N) is 1. The summed E-state index contributed by atoms with van der Waals surface area (Å²) in [6.07, 6.45) is -2.92. The minimum absolute atomic E-state index is 0.0228. The molecule has 4 nitrogen and oxygen atoms in total. The second-order valence-electron chi connectivity index (χ2n) is 5.87. The minimum Gasteiger partial charge on any atom is -0.448 e. The van der Waals surface area contributed by atoms with Gasteiger partial charge in [0.25, 0.3) is 5.91 Å². The third-order valence-electron chi connectivity index (χ3n) is 3.94. The van der Waals surface area contributed by atoms with Gasteiger partial charge in [0, 0.05) is 10.7 Å². The first-order valence-electron chi connectivity index (χ1n) is 7.91. The van der Waals surface area contributed by atoms with Crippen LogP contribution in [-0.2, 0) is 12.6 Å². The fourth-order valence-corrected chi connectivity index (χ4v) is 2.76. The van der Waals surface area contributed by atoms with Gasteiger partial charge >= 0.3 is 6.18 Å². The molecule has 0 aliphatic rings. The quantitative estimate of drug-likeness (QED) is 0.635. The van der Waals surface area contributed by atoms with Crippen molar-refractivity contribution in [1.29, 1.82) is 0 Å². The van der Waals surface area contributed by atoms with Crippen LogP contribution in [0.3, 0.4) is 0 Å². The van der Waals surface area contributed by atoms with E-state index in [2.05, 4.69) is 10.3 Å². The molecule has 8 heteroatoms. The van der Waals surface area contributed by atoms with Crippen molar-refractivity contribution in [3.05, 3.63) is 82.0 Å². The van der Waals surface area contributed by atoms with E-state index in [9.17, 15) is 18.0 Å². The maximum atomic E-state index is 12.6. The molecule has 0 aliphatic carbocycles. The van der Waals surface area contributed by atoms with Crippen molar-refractivity contribution in [3.8, 4) is 0 Å². The molecule has 140 valence electrons. The van der Waals surface area contributed by atoms with Crippen molar-refractivity contribution in [2.45, 2.75) is 19.5 Å². The Kier molecular flexibility index (Phi) is 5.23. The topological polar surface area (TPSA) is 55.1 Å². The SMILES string of the molecule is Cc1cccc(Cl)c1Cc1nc(C(=O)Nc2ccc(C(F)(F)F)cc2)co1. The number of rotatable bonds is 4. The van der Waals surface area contributed by atoms with Crippen molar-refractivity contribution in [2.75, 3.05) is 5.32 Å². The number of aromatic nitrogens is 1. The fourth-order valence-electron chi connectivity index (χ4n) is 2.48. The van der Waals surface area contributed by atoms with Crippen molar-refractivity contribution in [3.63, 3.8) is 0 Å². The van der Waals surface area contributed by atoms with Gasteiger partial charge in [-0.25, -0.2) is 4.98 Å². The second kappa shape index (κ2) is 7.44. The molecule has 0 atom stereocenters. The number of carbonyl (C=O) groups is 1. The van der Waals surface area contributed by atoms with Crippen LogP contribution < -0.4 is 5.32 Å². The van der Waals surface area contributed by atoms with Gasteiger partial charge in [0.05, 0.1) is 12.0 Å². The minimum atomic E-state index is -4.43. The number of hydrogen-bond acceptors (Lipinski definition) is 3. The van der Waals surface area contributed by atoms with E-state index in [4.69, 9.17) is 16.0 Å². The number of hydrogen-bond donors (Lipinski definition) is 1. The number of aryl methyl sites for hydroxylation is 1. The molecule has 0 spiro atoms. The molecule has 0 fully saturated rings. The average molecular weight is 395 g/mol. The molecule has 1 aromatic heterocycles. The Labute approximate surface area is 158 Å². The zero-order valence-corrected chi connectivity index (χ0v) is 14.9. The summed E-state index contributed by atoms with van der Waals surface area (Å²) in [7, 11) is 0. The van der Waals surface area contributed by atoms with Crippen molar-refractivity contribution < 1.29 is 22.4 Å². The van der Waals surface area contributed by atoms with E-state index in [0.717, 1.165) is 23.3 Å². The predicted molar refractivity (Wildman–Crippen MR) is 94.9 cm³/mol. The number of alkyl halides is 3. The highest BCUT2D eigenvalue weighted by molar-refractivity contribution is 6.31. The first kappa shape index (κ1) is 19.0. The Hall–Kier alpha value is -2.80. The van der Waals surface area contributed by atoms with Crippen LogP contribution in [0.4, 0.5) is 18.9 Å².